The van der Waals surface area contributed by atoms with E-state index >= 15 is 0 Å². The van der Waals surface area contributed by atoms with Gasteiger partial charge in [0.05, 0.1) is 6.67 Å². The Bertz CT molecular complexity index is 1310. The number of phenolic OH excluding ortho intramolecular Hbond substituents is 1. The van der Waals surface area contributed by atoms with Crippen LogP contribution in [0.1, 0.15) is 15.9 Å². The Kier molecular flexibility index (Phi) is 6.30. The van der Waals surface area contributed by atoms with E-state index in [0.29, 0.717) is 23.5 Å². The number of aromatic hydroxyl groups is 1. The van der Waals surface area contributed by atoms with Gasteiger partial charge in [-0.05, 0) is 60.2 Å². The number of nitrogens with zero attached hydrogens (tertiary/aromatic N) is 1. The molecule has 4 nitrogen and oxygen atoms in total. The monoisotopic (exact) mass is 479 g/mol. The predicted octanol–water partition coefficient (Wildman–Crippen LogP) is 5.92. The molecule has 0 unspecified atom stereocenters. The van der Waals surface area contributed by atoms with Crippen LogP contribution in [0.2, 0.25) is 0 Å². The van der Waals surface area contributed by atoms with Gasteiger partial charge in [0.1, 0.15) is 23.9 Å². The number of thiophene rings is 1. The molecule has 0 atom stereocenters. The normalized spacial score (nSPS) is 14.3. The molecule has 0 amide bonds. The lowest BCUT2D eigenvalue weighted by Gasteiger charge is -2.37. The second-order valence-electron chi connectivity index (χ2n) is 8.48. The minimum atomic E-state index is -0.345. The molecule has 1 fully saturated rings. The molecule has 1 aliphatic heterocycles. The van der Waals surface area contributed by atoms with E-state index in [1.807, 2.05) is 0 Å². The smallest absolute Gasteiger partial charge is 0.195 e. The summed E-state index contributed by atoms with van der Waals surface area (Å²) in [7, 11) is 0. The molecule has 7 heteroatoms. The Morgan fingerprint density at radius 1 is 1.06 bits per heavy atom. The van der Waals surface area contributed by atoms with Gasteiger partial charge in [-0.15, -0.1) is 11.3 Å². The van der Waals surface area contributed by atoms with E-state index < -0.39 is 0 Å². The van der Waals surface area contributed by atoms with Crippen molar-refractivity contribution in [3.63, 3.8) is 0 Å². The molecule has 1 N–H and O–H groups in total. The van der Waals surface area contributed by atoms with Crippen LogP contribution in [0.3, 0.4) is 0 Å². The second-order valence-corrected chi connectivity index (χ2v) is 9.53. The summed E-state index contributed by atoms with van der Waals surface area (Å²) in [5.74, 6) is 0.446. The van der Waals surface area contributed by atoms with Crippen molar-refractivity contribution in [2.75, 3.05) is 32.9 Å². The molecule has 0 bridgehead atoms. The van der Waals surface area contributed by atoms with Gasteiger partial charge in [0, 0.05) is 51.6 Å². The average Bonchev–Trinajstić information content (AvgIpc) is 3.19. The largest absolute Gasteiger partial charge is 0.508 e. The van der Waals surface area contributed by atoms with Crippen LogP contribution in [0.5, 0.6) is 11.5 Å². The molecule has 2 heterocycles. The lowest BCUT2D eigenvalue weighted by atomic mass is 9.97. The Balaban J connectivity index is 1.37. The van der Waals surface area contributed by atoms with Crippen molar-refractivity contribution in [1.82, 2.24) is 4.90 Å². The summed E-state index contributed by atoms with van der Waals surface area (Å²) in [4.78, 5) is 16.5. The van der Waals surface area contributed by atoms with Crippen molar-refractivity contribution in [1.29, 1.82) is 0 Å². The van der Waals surface area contributed by atoms with Crippen molar-refractivity contribution in [3.8, 4) is 21.9 Å². The van der Waals surface area contributed by atoms with E-state index in [1.54, 1.807) is 54.6 Å². The standard InChI is InChI=1S/C27H23F2NO3S/c28-14-17-15-30(16-17)11-12-33-22-8-3-18(4-9-22)26(32)25-23-10-7-21(31)13-24(23)34-27(25)19-1-5-20(29)6-2-19/h1-10,13,17,31H,11-12,14-16H2. The fourth-order valence-corrected chi connectivity index (χ4v) is 5.45. The molecule has 4 aromatic rings. The van der Waals surface area contributed by atoms with Gasteiger partial charge in [0.15, 0.2) is 5.78 Å². The topological polar surface area (TPSA) is 49.8 Å². The zero-order chi connectivity index (χ0) is 23.7. The SMILES string of the molecule is O=C(c1ccc(OCCN2CC(CF)C2)cc1)c1c(-c2ccc(F)cc2)sc2cc(O)ccc12. The van der Waals surface area contributed by atoms with Gasteiger partial charge in [0.25, 0.3) is 0 Å². The molecule has 0 aliphatic carbocycles. The molecule has 0 radical (unpaired) electrons. The first-order chi connectivity index (χ1) is 16.5. The highest BCUT2D eigenvalue weighted by molar-refractivity contribution is 7.22. The van der Waals surface area contributed by atoms with Gasteiger partial charge in [-0.2, -0.15) is 0 Å². The molecule has 1 saturated heterocycles. The maximum atomic E-state index is 13.6. The van der Waals surface area contributed by atoms with Crippen LogP contribution in [-0.4, -0.2) is 48.7 Å². The van der Waals surface area contributed by atoms with E-state index in [9.17, 15) is 18.7 Å². The molecule has 34 heavy (non-hydrogen) atoms. The van der Waals surface area contributed by atoms with E-state index in [0.717, 1.165) is 40.2 Å². The number of hydrogen-bond donors (Lipinski definition) is 1. The summed E-state index contributed by atoms with van der Waals surface area (Å²) in [6.45, 7) is 2.52. The molecule has 1 aromatic heterocycles. The highest BCUT2D eigenvalue weighted by Crippen LogP contribution is 2.41. The highest BCUT2D eigenvalue weighted by Gasteiger charge is 2.26. The highest BCUT2D eigenvalue weighted by atomic mass is 32.1. The van der Waals surface area contributed by atoms with Crippen LogP contribution < -0.4 is 4.74 Å². The third kappa shape index (κ3) is 4.54. The summed E-state index contributed by atoms with van der Waals surface area (Å²) < 4.78 is 32.6. The summed E-state index contributed by atoms with van der Waals surface area (Å²) >= 11 is 1.39. The van der Waals surface area contributed by atoms with Crippen LogP contribution in [0.15, 0.2) is 66.7 Å². The Morgan fingerprint density at radius 3 is 2.50 bits per heavy atom. The number of benzene rings is 3. The number of phenols is 1. The second kappa shape index (κ2) is 9.52. The number of ketones is 1. The fourth-order valence-electron chi connectivity index (χ4n) is 4.21. The van der Waals surface area contributed by atoms with Gasteiger partial charge in [-0.25, -0.2) is 4.39 Å². The maximum absolute atomic E-state index is 13.6. The number of carbonyl (C=O) groups excluding carboxylic acids is 1. The van der Waals surface area contributed by atoms with Crippen molar-refractivity contribution in [3.05, 3.63) is 83.7 Å². The van der Waals surface area contributed by atoms with Gasteiger partial charge in [-0.3, -0.25) is 14.1 Å². The maximum Gasteiger partial charge on any atom is 0.195 e. The molecular formula is C27H23F2NO3S. The lowest BCUT2D eigenvalue weighted by molar-refractivity contribution is 0.0668. The first-order valence-corrected chi connectivity index (χ1v) is 11.9. The van der Waals surface area contributed by atoms with Gasteiger partial charge in [0.2, 0.25) is 0 Å². The molecule has 1 aliphatic rings. The molecule has 0 saturated carbocycles. The van der Waals surface area contributed by atoms with Crippen LogP contribution in [0.25, 0.3) is 20.5 Å². The number of halogens is 2. The van der Waals surface area contributed by atoms with Gasteiger partial charge in [-0.1, -0.05) is 12.1 Å². The molecule has 0 spiro atoms. The van der Waals surface area contributed by atoms with E-state index in [4.69, 9.17) is 4.74 Å². The number of hydrogen-bond acceptors (Lipinski definition) is 5. The Labute approximate surface area is 200 Å². The Hall–Kier alpha value is -3.29. The molecule has 5 rings (SSSR count). The third-order valence-electron chi connectivity index (χ3n) is 6.05. The third-order valence-corrected chi connectivity index (χ3v) is 7.25. The van der Waals surface area contributed by atoms with Gasteiger partial charge < -0.3 is 9.84 Å². The summed E-state index contributed by atoms with van der Waals surface area (Å²) in [5.41, 5.74) is 1.78. The van der Waals surface area contributed by atoms with Crippen LogP contribution >= 0.6 is 11.3 Å². The minimum Gasteiger partial charge on any atom is -0.508 e. The van der Waals surface area contributed by atoms with Crippen molar-refractivity contribution in [2.45, 2.75) is 0 Å². The number of alkyl halides is 1. The number of likely N-dealkylation sites (tertiary alicyclic amines) is 1. The summed E-state index contributed by atoms with van der Waals surface area (Å²) in [5, 5.41) is 10.7. The average molecular weight is 480 g/mol. The first kappa shape index (κ1) is 22.5. The minimum absolute atomic E-state index is 0.123. The van der Waals surface area contributed by atoms with Crippen LogP contribution in [0, 0.1) is 11.7 Å². The predicted molar refractivity (Wildman–Crippen MR) is 130 cm³/mol. The Morgan fingerprint density at radius 2 is 1.79 bits per heavy atom. The van der Waals surface area contributed by atoms with Crippen LogP contribution in [-0.2, 0) is 0 Å². The molecule has 3 aromatic carbocycles. The summed E-state index contributed by atoms with van der Waals surface area (Å²) in [6.07, 6.45) is 0. The van der Waals surface area contributed by atoms with E-state index in [2.05, 4.69) is 4.90 Å². The number of fused-ring (bicyclic) bond motifs is 1. The lowest BCUT2D eigenvalue weighted by Crippen LogP contribution is -2.49. The quantitative estimate of drug-likeness (QED) is 0.319. The number of carbonyl (C=O) groups is 1. The van der Waals surface area contributed by atoms with Crippen molar-refractivity contribution >= 4 is 27.2 Å². The molecule has 174 valence electrons. The van der Waals surface area contributed by atoms with Gasteiger partial charge >= 0.3 is 0 Å². The fraction of sp³-hybridized carbons (Fsp3) is 0.222. The zero-order valence-electron chi connectivity index (χ0n) is 18.3. The number of ether oxygens (including phenoxy) is 1. The van der Waals surface area contributed by atoms with E-state index in [1.165, 1.54) is 23.5 Å². The van der Waals surface area contributed by atoms with E-state index in [-0.39, 0.29) is 29.9 Å². The van der Waals surface area contributed by atoms with Crippen molar-refractivity contribution < 1.29 is 23.4 Å². The zero-order valence-corrected chi connectivity index (χ0v) is 19.2. The van der Waals surface area contributed by atoms with Crippen molar-refractivity contribution in [2.24, 2.45) is 5.92 Å². The molecular weight excluding hydrogens is 456 g/mol. The summed E-state index contributed by atoms with van der Waals surface area (Å²) in [6, 6.07) is 18.0. The van der Waals surface area contributed by atoms with Crippen LogP contribution in [0.4, 0.5) is 8.78 Å². The number of rotatable bonds is 8. The first-order valence-electron chi connectivity index (χ1n) is 11.1.